The predicted octanol–water partition coefficient (Wildman–Crippen LogP) is 2.56. The van der Waals surface area contributed by atoms with Crippen molar-refractivity contribution in [2.45, 2.75) is 12.5 Å². The minimum atomic E-state index is -0.441. The SMILES string of the molecule is COc1c(C2CC(CN)CN2C)cc(Br)c(F)c1OC. The second kappa shape index (κ2) is 6.28. The van der Waals surface area contributed by atoms with Gasteiger partial charge in [0, 0.05) is 18.2 Å². The molecule has 1 saturated heterocycles. The molecule has 0 spiro atoms. The third kappa shape index (κ3) is 2.64. The molecule has 0 amide bonds. The van der Waals surface area contributed by atoms with Crippen molar-refractivity contribution in [2.75, 3.05) is 34.4 Å². The number of methoxy groups -OCH3 is 2. The molecular formula is C14H20BrFN2O2. The number of benzene rings is 1. The normalized spacial score (nSPS) is 23.1. The molecule has 2 unspecified atom stereocenters. The van der Waals surface area contributed by atoms with Crippen LogP contribution in [0.2, 0.25) is 0 Å². The molecular weight excluding hydrogens is 327 g/mol. The van der Waals surface area contributed by atoms with Gasteiger partial charge in [0.05, 0.1) is 18.7 Å². The minimum Gasteiger partial charge on any atom is -0.492 e. The van der Waals surface area contributed by atoms with Crippen LogP contribution < -0.4 is 15.2 Å². The lowest BCUT2D eigenvalue weighted by molar-refractivity contribution is 0.291. The molecule has 4 nitrogen and oxygen atoms in total. The lowest BCUT2D eigenvalue weighted by atomic mass is 9.98. The Kier molecular flexibility index (Phi) is 4.88. The molecule has 2 atom stereocenters. The third-order valence-corrected chi connectivity index (χ3v) is 4.47. The Balaban J connectivity index is 2.48. The number of nitrogens with two attached hydrogens (primary N) is 1. The van der Waals surface area contributed by atoms with Gasteiger partial charge in [-0.1, -0.05) is 0 Å². The summed E-state index contributed by atoms with van der Waals surface area (Å²) in [5.74, 6) is 0.609. The van der Waals surface area contributed by atoms with Crippen LogP contribution >= 0.6 is 15.9 Å². The highest BCUT2D eigenvalue weighted by Crippen LogP contribution is 2.45. The fraction of sp³-hybridized carbons (Fsp3) is 0.571. The predicted molar refractivity (Wildman–Crippen MR) is 79.7 cm³/mol. The molecule has 112 valence electrons. The highest BCUT2D eigenvalue weighted by molar-refractivity contribution is 9.10. The van der Waals surface area contributed by atoms with Crippen molar-refractivity contribution in [2.24, 2.45) is 11.7 Å². The van der Waals surface area contributed by atoms with Gasteiger partial charge in [-0.25, -0.2) is 4.39 Å². The number of likely N-dealkylation sites (tertiary alicyclic amines) is 1. The zero-order chi connectivity index (χ0) is 14.9. The largest absolute Gasteiger partial charge is 0.492 e. The summed E-state index contributed by atoms with van der Waals surface area (Å²) in [6, 6.07) is 1.93. The fourth-order valence-electron chi connectivity index (χ4n) is 2.88. The minimum absolute atomic E-state index is 0.140. The van der Waals surface area contributed by atoms with E-state index in [0.29, 0.717) is 22.7 Å². The van der Waals surface area contributed by atoms with Crippen molar-refractivity contribution >= 4 is 15.9 Å². The Morgan fingerprint density at radius 2 is 2.05 bits per heavy atom. The molecule has 1 aromatic carbocycles. The quantitative estimate of drug-likeness (QED) is 0.910. The topological polar surface area (TPSA) is 47.7 Å². The lowest BCUT2D eigenvalue weighted by Gasteiger charge is -2.23. The van der Waals surface area contributed by atoms with Crippen LogP contribution in [0.3, 0.4) is 0 Å². The first kappa shape index (κ1) is 15.5. The highest BCUT2D eigenvalue weighted by atomic mass is 79.9. The van der Waals surface area contributed by atoms with Gasteiger partial charge in [0.1, 0.15) is 0 Å². The Bertz CT molecular complexity index is 499. The van der Waals surface area contributed by atoms with Gasteiger partial charge in [-0.3, -0.25) is 4.90 Å². The standard InChI is InChI=1S/C14H20BrFN2O2/c1-18-7-8(6-17)4-11(18)9-5-10(15)12(16)14(20-3)13(9)19-2/h5,8,11H,4,6-7,17H2,1-3H3. The first-order chi connectivity index (χ1) is 9.53. The van der Waals surface area contributed by atoms with E-state index in [-0.39, 0.29) is 11.8 Å². The molecule has 0 aromatic heterocycles. The van der Waals surface area contributed by atoms with Crippen LogP contribution in [-0.2, 0) is 0 Å². The van der Waals surface area contributed by atoms with Crippen LogP contribution in [0.5, 0.6) is 11.5 Å². The van der Waals surface area contributed by atoms with E-state index < -0.39 is 5.82 Å². The summed E-state index contributed by atoms with van der Waals surface area (Å²) in [5.41, 5.74) is 6.69. The van der Waals surface area contributed by atoms with Crippen molar-refractivity contribution in [3.63, 3.8) is 0 Å². The maximum atomic E-state index is 14.1. The van der Waals surface area contributed by atoms with Crippen LogP contribution in [-0.4, -0.2) is 39.3 Å². The molecule has 6 heteroatoms. The number of hydrogen-bond donors (Lipinski definition) is 1. The zero-order valence-corrected chi connectivity index (χ0v) is 13.5. The van der Waals surface area contributed by atoms with Crippen LogP contribution in [0.15, 0.2) is 10.5 Å². The number of ether oxygens (including phenoxy) is 2. The molecule has 2 N–H and O–H groups in total. The summed E-state index contributed by atoms with van der Waals surface area (Å²) < 4.78 is 25.0. The van der Waals surface area contributed by atoms with Crippen molar-refractivity contribution in [3.05, 3.63) is 21.9 Å². The molecule has 1 aromatic rings. The summed E-state index contributed by atoms with van der Waals surface area (Å²) in [6.07, 6.45) is 0.935. The summed E-state index contributed by atoms with van der Waals surface area (Å²) >= 11 is 3.25. The molecule has 1 aliphatic heterocycles. The molecule has 1 fully saturated rings. The summed E-state index contributed by atoms with van der Waals surface area (Å²) in [7, 11) is 5.02. The van der Waals surface area contributed by atoms with Crippen LogP contribution in [0.1, 0.15) is 18.0 Å². The third-order valence-electron chi connectivity index (χ3n) is 3.90. The maximum absolute atomic E-state index is 14.1. The van der Waals surface area contributed by atoms with Gasteiger partial charge in [-0.2, -0.15) is 0 Å². The van der Waals surface area contributed by atoms with E-state index in [2.05, 4.69) is 20.8 Å². The van der Waals surface area contributed by atoms with Crippen LogP contribution in [0.4, 0.5) is 4.39 Å². The van der Waals surface area contributed by atoms with Crippen molar-refractivity contribution < 1.29 is 13.9 Å². The molecule has 20 heavy (non-hydrogen) atoms. The molecule has 1 aliphatic rings. The van der Waals surface area contributed by atoms with E-state index in [1.165, 1.54) is 14.2 Å². The molecule has 0 radical (unpaired) electrons. The Labute approximate surface area is 127 Å². The highest BCUT2D eigenvalue weighted by Gasteiger charge is 2.33. The van der Waals surface area contributed by atoms with E-state index >= 15 is 0 Å². The van der Waals surface area contributed by atoms with Gasteiger partial charge in [-0.05, 0) is 47.9 Å². The Morgan fingerprint density at radius 1 is 1.40 bits per heavy atom. The van der Waals surface area contributed by atoms with Crippen molar-refractivity contribution in [1.29, 1.82) is 0 Å². The summed E-state index contributed by atoms with van der Waals surface area (Å²) in [5, 5.41) is 0. The van der Waals surface area contributed by atoms with E-state index in [9.17, 15) is 4.39 Å². The van der Waals surface area contributed by atoms with Crippen LogP contribution in [0, 0.1) is 11.7 Å². The van der Waals surface area contributed by atoms with Gasteiger partial charge in [0.25, 0.3) is 0 Å². The molecule has 0 aliphatic carbocycles. The molecule has 0 bridgehead atoms. The van der Waals surface area contributed by atoms with E-state index in [1.54, 1.807) is 6.07 Å². The van der Waals surface area contributed by atoms with Gasteiger partial charge < -0.3 is 15.2 Å². The first-order valence-electron chi connectivity index (χ1n) is 6.53. The smallest absolute Gasteiger partial charge is 0.198 e. The Morgan fingerprint density at radius 3 is 2.55 bits per heavy atom. The summed E-state index contributed by atoms with van der Waals surface area (Å²) in [4.78, 5) is 2.22. The van der Waals surface area contributed by atoms with Gasteiger partial charge >= 0.3 is 0 Å². The average Bonchev–Trinajstić information content (AvgIpc) is 2.82. The zero-order valence-electron chi connectivity index (χ0n) is 12.0. The lowest BCUT2D eigenvalue weighted by Crippen LogP contribution is -2.21. The molecule has 2 rings (SSSR count). The van der Waals surface area contributed by atoms with Gasteiger partial charge in [0.2, 0.25) is 0 Å². The van der Waals surface area contributed by atoms with E-state index in [0.717, 1.165) is 18.5 Å². The van der Waals surface area contributed by atoms with Crippen molar-refractivity contribution in [1.82, 2.24) is 4.90 Å². The Hall–Kier alpha value is -0.850. The molecule has 1 heterocycles. The molecule has 0 saturated carbocycles. The fourth-order valence-corrected chi connectivity index (χ4v) is 3.31. The van der Waals surface area contributed by atoms with Gasteiger partial charge in [-0.15, -0.1) is 0 Å². The average molecular weight is 347 g/mol. The second-order valence-corrected chi connectivity index (χ2v) is 5.98. The first-order valence-corrected chi connectivity index (χ1v) is 7.32. The number of hydrogen-bond acceptors (Lipinski definition) is 4. The number of rotatable bonds is 4. The van der Waals surface area contributed by atoms with E-state index in [4.69, 9.17) is 15.2 Å². The number of nitrogens with zero attached hydrogens (tertiary/aromatic N) is 1. The van der Waals surface area contributed by atoms with Crippen molar-refractivity contribution in [3.8, 4) is 11.5 Å². The summed E-state index contributed by atoms with van der Waals surface area (Å²) in [6.45, 7) is 1.59. The van der Waals surface area contributed by atoms with Crippen LogP contribution in [0.25, 0.3) is 0 Å². The maximum Gasteiger partial charge on any atom is 0.198 e. The monoisotopic (exact) mass is 346 g/mol. The number of halogens is 2. The van der Waals surface area contributed by atoms with E-state index in [1.807, 2.05) is 7.05 Å². The second-order valence-electron chi connectivity index (χ2n) is 5.12. The van der Waals surface area contributed by atoms with Gasteiger partial charge in [0.15, 0.2) is 17.3 Å².